The largest absolute Gasteiger partial charge is 0.365 e. The standard InChI is InChI=1S/C26H34N8O/c1-2-13-27-23-22-24(34(19-28-22)18-20-9-5-3-6-10-20)31-25(30-23)32-14-16-33(17-15-32)26(35)29-21-11-7-4-8-12-21/h2-3,5-6,9-10,19,21H,1,4,7-8,11-18H2,(H,29,35)(H,27,30,31). The molecule has 0 bridgehead atoms. The Morgan fingerprint density at radius 3 is 2.57 bits per heavy atom. The number of fused-ring (bicyclic) bond motifs is 1. The van der Waals surface area contributed by atoms with Crippen molar-refractivity contribution in [2.24, 2.45) is 0 Å². The zero-order valence-corrected chi connectivity index (χ0v) is 20.2. The predicted octanol–water partition coefficient (Wildman–Crippen LogP) is 3.64. The smallest absolute Gasteiger partial charge is 0.317 e. The summed E-state index contributed by atoms with van der Waals surface area (Å²) in [4.78, 5) is 31.2. The fraction of sp³-hybridized carbons (Fsp3) is 0.462. The van der Waals surface area contributed by atoms with E-state index in [1.165, 1.54) is 24.8 Å². The molecular weight excluding hydrogens is 440 g/mol. The highest BCUT2D eigenvalue weighted by molar-refractivity contribution is 5.84. The molecule has 3 aromatic rings. The van der Waals surface area contributed by atoms with Crippen molar-refractivity contribution < 1.29 is 4.79 Å². The molecule has 3 heterocycles. The molecule has 1 aliphatic carbocycles. The van der Waals surface area contributed by atoms with E-state index in [1.54, 1.807) is 6.08 Å². The maximum atomic E-state index is 12.8. The molecule has 1 aliphatic heterocycles. The molecule has 2 N–H and O–H groups in total. The summed E-state index contributed by atoms with van der Waals surface area (Å²) >= 11 is 0. The highest BCUT2D eigenvalue weighted by Crippen LogP contribution is 2.24. The van der Waals surface area contributed by atoms with Gasteiger partial charge in [0.1, 0.15) is 0 Å². The van der Waals surface area contributed by atoms with E-state index in [4.69, 9.17) is 9.97 Å². The molecule has 1 aromatic carbocycles. The highest BCUT2D eigenvalue weighted by atomic mass is 16.2. The van der Waals surface area contributed by atoms with Crippen molar-refractivity contribution >= 4 is 29.0 Å². The second kappa shape index (κ2) is 10.8. The number of nitrogens with zero attached hydrogens (tertiary/aromatic N) is 6. The summed E-state index contributed by atoms with van der Waals surface area (Å²) in [7, 11) is 0. The number of hydrogen-bond acceptors (Lipinski definition) is 6. The molecule has 2 amide bonds. The second-order valence-electron chi connectivity index (χ2n) is 9.33. The van der Waals surface area contributed by atoms with Gasteiger partial charge in [-0.15, -0.1) is 6.58 Å². The van der Waals surface area contributed by atoms with E-state index < -0.39 is 0 Å². The van der Waals surface area contributed by atoms with Crippen LogP contribution in [0.4, 0.5) is 16.6 Å². The first-order valence-electron chi connectivity index (χ1n) is 12.6. The minimum absolute atomic E-state index is 0.0576. The third kappa shape index (κ3) is 5.39. The van der Waals surface area contributed by atoms with Crippen LogP contribution in [-0.2, 0) is 6.54 Å². The number of aromatic nitrogens is 4. The van der Waals surface area contributed by atoms with E-state index in [-0.39, 0.29) is 6.03 Å². The molecule has 35 heavy (non-hydrogen) atoms. The van der Waals surface area contributed by atoms with Crippen LogP contribution in [0.5, 0.6) is 0 Å². The predicted molar refractivity (Wildman–Crippen MR) is 139 cm³/mol. The third-order valence-electron chi connectivity index (χ3n) is 6.84. The van der Waals surface area contributed by atoms with Crippen molar-refractivity contribution in [1.82, 2.24) is 29.7 Å². The van der Waals surface area contributed by atoms with Crippen molar-refractivity contribution in [3.63, 3.8) is 0 Å². The van der Waals surface area contributed by atoms with Gasteiger partial charge in [0.25, 0.3) is 0 Å². The van der Waals surface area contributed by atoms with E-state index in [0.717, 1.165) is 24.0 Å². The molecule has 1 saturated heterocycles. The molecule has 0 atom stereocenters. The summed E-state index contributed by atoms with van der Waals surface area (Å²) in [5.74, 6) is 1.36. The molecular formula is C26H34N8O. The van der Waals surface area contributed by atoms with Crippen molar-refractivity contribution in [2.75, 3.05) is 42.9 Å². The molecule has 1 saturated carbocycles. The number of nitrogens with one attached hydrogen (secondary N) is 2. The number of carbonyl (C=O) groups is 1. The average molecular weight is 475 g/mol. The van der Waals surface area contributed by atoms with Gasteiger partial charge in [0.2, 0.25) is 5.95 Å². The van der Waals surface area contributed by atoms with Crippen LogP contribution in [0, 0.1) is 0 Å². The fourth-order valence-electron chi connectivity index (χ4n) is 4.88. The molecule has 9 heteroatoms. The maximum Gasteiger partial charge on any atom is 0.317 e. The molecule has 5 rings (SSSR count). The summed E-state index contributed by atoms with van der Waals surface area (Å²) in [6.07, 6.45) is 9.51. The number of amides is 2. The zero-order chi connectivity index (χ0) is 24.0. The van der Waals surface area contributed by atoms with Gasteiger partial charge >= 0.3 is 6.03 Å². The maximum absolute atomic E-state index is 12.8. The summed E-state index contributed by atoms with van der Waals surface area (Å²) in [5, 5.41) is 6.55. The van der Waals surface area contributed by atoms with Crippen LogP contribution in [0.1, 0.15) is 37.7 Å². The second-order valence-corrected chi connectivity index (χ2v) is 9.33. The quantitative estimate of drug-likeness (QED) is 0.508. The van der Waals surface area contributed by atoms with Crippen LogP contribution in [0.2, 0.25) is 0 Å². The average Bonchev–Trinajstić information content (AvgIpc) is 3.31. The van der Waals surface area contributed by atoms with Gasteiger partial charge in [-0.3, -0.25) is 0 Å². The first-order chi connectivity index (χ1) is 17.2. The molecule has 2 aliphatic rings. The van der Waals surface area contributed by atoms with Gasteiger partial charge < -0.3 is 25.0 Å². The van der Waals surface area contributed by atoms with E-state index >= 15 is 0 Å². The first kappa shape index (κ1) is 23.1. The number of urea groups is 1. The Morgan fingerprint density at radius 2 is 1.83 bits per heavy atom. The number of hydrogen-bond donors (Lipinski definition) is 2. The lowest BCUT2D eigenvalue weighted by molar-refractivity contribution is 0.186. The van der Waals surface area contributed by atoms with Crippen molar-refractivity contribution in [3.8, 4) is 0 Å². The fourth-order valence-corrected chi connectivity index (χ4v) is 4.88. The third-order valence-corrected chi connectivity index (χ3v) is 6.84. The minimum Gasteiger partial charge on any atom is -0.365 e. The van der Waals surface area contributed by atoms with E-state index in [1.807, 2.05) is 29.4 Å². The number of rotatable bonds is 7. The van der Waals surface area contributed by atoms with Gasteiger partial charge in [0, 0.05) is 38.8 Å². The Balaban J connectivity index is 1.32. The van der Waals surface area contributed by atoms with Crippen molar-refractivity contribution in [3.05, 3.63) is 54.9 Å². The van der Waals surface area contributed by atoms with Gasteiger partial charge in [0.15, 0.2) is 17.0 Å². The molecule has 2 fully saturated rings. The summed E-state index contributed by atoms with van der Waals surface area (Å²) in [5.41, 5.74) is 2.73. The van der Waals surface area contributed by atoms with Crippen LogP contribution >= 0.6 is 0 Å². The Bertz CT molecular complexity index is 1150. The van der Waals surface area contributed by atoms with E-state index in [9.17, 15) is 4.79 Å². The van der Waals surface area contributed by atoms with Crippen LogP contribution in [-0.4, -0.2) is 69.2 Å². The number of piperazine rings is 1. The Hall–Kier alpha value is -3.62. The zero-order valence-electron chi connectivity index (χ0n) is 20.2. The molecule has 0 unspecified atom stereocenters. The SMILES string of the molecule is C=CCNc1nc(N2CCN(C(=O)NC3CCCCC3)CC2)nc2c1ncn2Cc1ccccc1. The van der Waals surface area contributed by atoms with Crippen molar-refractivity contribution in [2.45, 2.75) is 44.7 Å². The van der Waals surface area contributed by atoms with Crippen LogP contribution in [0.25, 0.3) is 11.2 Å². The summed E-state index contributed by atoms with van der Waals surface area (Å²) < 4.78 is 2.06. The monoisotopic (exact) mass is 474 g/mol. The lowest BCUT2D eigenvalue weighted by Gasteiger charge is -2.36. The van der Waals surface area contributed by atoms with Crippen LogP contribution in [0.15, 0.2) is 49.3 Å². The van der Waals surface area contributed by atoms with E-state index in [2.05, 4.69) is 43.8 Å². The number of imidazole rings is 1. The minimum atomic E-state index is 0.0576. The molecule has 9 nitrogen and oxygen atoms in total. The molecule has 0 spiro atoms. The van der Waals surface area contributed by atoms with E-state index in [0.29, 0.717) is 57.1 Å². The summed E-state index contributed by atoms with van der Waals surface area (Å²) in [6.45, 7) is 7.77. The Labute approximate surface area is 206 Å². The highest BCUT2D eigenvalue weighted by Gasteiger charge is 2.26. The lowest BCUT2D eigenvalue weighted by atomic mass is 9.96. The lowest BCUT2D eigenvalue weighted by Crippen LogP contribution is -2.54. The van der Waals surface area contributed by atoms with Gasteiger partial charge in [0.05, 0.1) is 12.9 Å². The van der Waals surface area contributed by atoms with Gasteiger partial charge in [-0.1, -0.05) is 55.7 Å². The molecule has 184 valence electrons. The molecule has 0 radical (unpaired) electrons. The van der Waals surface area contributed by atoms with Crippen LogP contribution in [0.3, 0.4) is 0 Å². The summed E-state index contributed by atoms with van der Waals surface area (Å²) in [6, 6.07) is 10.7. The Morgan fingerprint density at radius 1 is 1.06 bits per heavy atom. The Kier molecular flexibility index (Phi) is 7.11. The number of benzene rings is 1. The normalized spacial score (nSPS) is 16.9. The van der Waals surface area contributed by atoms with Crippen LogP contribution < -0.4 is 15.5 Å². The topological polar surface area (TPSA) is 91.2 Å². The molecule has 2 aromatic heterocycles. The van der Waals surface area contributed by atoms with Gasteiger partial charge in [-0.2, -0.15) is 9.97 Å². The van der Waals surface area contributed by atoms with Gasteiger partial charge in [-0.05, 0) is 18.4 Å². The van der Waals surface area contributed by atoms with Crippen molar-refractivity contribution in [1.29, 1.82) is 0 Å². The van der Waals surface area contributed by atoms with Gasteiger partial charge in [-0.25, -0.2) is 9.78 Å². The first-order valence-corrected chi connectivity index (χ1v) is 12.6. The number of anilines is 2. The number of carbonyl (C=O) groups excluding carboxylic acids is 1.